The van der Waals surface area contributed by atoms with Crippen LogP contribution in [0.3, 0.4) is 0 Å². The highest BCUT2D eigenvalue weighted by molar-refractivity contribution is 7.85. The summed E-state index contributed by atoms with van der Waals surface area (Å²) in [5.41, 5.74) is 0.147. The largest absolute Gasteiger partial charge is 0.451 e. The number of nitrogens with one attached hydrogen (secondary N) is 2. The fourth-order valence-electron chi connectivity index (χ4n) is 6.11. The first-order valence-electron chi connectivity index (χ1n) is 16.1. The Hall–Kier alpha value is -4.76. The molecule has 2 aliphatic heterocycles. The zero-order chi connectivity index (χ0) is 36.2. The molecule has 268 valence electrons. The van der Waals surface area contributed by atoms with Crippen LogP contribution in [0.15, 0.2) is 39.9 Å². The van der Waals surface area contributed by atoms with Crippen molar-refractivity contribution in [1.82, 2.24) is 15.3 Å². The Morgan fingerprint density at radius 2 is 1.74 bits per heavy atom. The maximum atomic E-state index is 13.9. The predicted molar refractivity (Wildman–Crippen MR) is 180 cm³/mol. The number of benzene rings is 1. The van der Waals surface area contributed by atoms with Crippen LogP contribution >= 0.6 is 0 Å². The maximum Gasteiger partial charge on any atom is 0.451 e. The SMILES string of the molecule is CN(CCS(=O)(=O)O)c1c(NCCC2CCN(c3cc(N4CC[C@H]4C(=O)NCCc4ccc(C#N)cc4)nc(C(F)(F)F)n3)CC2)c(=O)c1=O. The van der Waals surface area contributed by atoms with Gasteiger partial charge in [0.1, 0.15) is 29.1 Å². The van der Waals surface area contributed by atoms with E-state index in [-0.39, 0.29) is 41.4 Å². The van der Waals surface area contributed by atoms with Crippen LogP contribution < -0.4 is 36.2 Å². The lowest BCUT2D eigenvalue weighted by molar-refractivity contribution is -0.144. The van der Waals surface area contributed by atoms with E-state index in [1.54, 1.807) is 34.1 Å². The summed E-state index contributed by atoms with van der Waals surface area (Å²) in [5, 5.41) is 14.7. The molecule has 1 amide bonds. The number of anilines is 4. The number of nitriles is 1. The highest BCUT2D eigenvalue weighted by Gasteiger charge is 2.40. The van der Waals surface area contributed by atoms with Gasteiger partial charge in [-0.1, -0.05) is 12.1 Å². The van der Waals surface area contributed by atoms with Crippen molar-refractivity contribution in [2.75, 3.05) is 72.1 Å². The average molecular weight is 719 g/mol. The van der Waals surface area contributed by atoms with Crippen LogP contribution in [0.2, 0.25) is 0 Å². The van der Waals surface area contributed by atoms with Gasteiger partial charge >= 0.3 is 6.18 Å². The minimum atomic E-state index is -4.80. The molecule has 2 aliphatic rings. The van der Waals surface area contributed by atoms with Crippen molar-refractivity contribution < 1.29 is 30.9 Å². The molecule has 3 aromatic rings. The molecule has 1 aromatic heterocycles. The summed E-state index contributed by atoms with van der Waals surface area (Å²) in [6.45, 7) is 1.69. The molecule has 0 radical (unpaired) electrons. The van der Waals surface area contributed by atoms with E-state index < -0.39 is 44.8 Å². The van der Waals surface area contributed by atoms with E-state index in [0.29, 0.717) is 70.4 Å². The zero-order valence-corrected chi connectivity index (χ0v) is 28.1. The van der Waals surface area contributed by atoms with Crippen molar-refractivity contribution in [2.45, 2.75) is 44.3 Å². The number of carbonyl (C=O) groups is 1. The number of hydrogen-bond donors (Lipinski definition) is 3. The molecule has 0 spiro atoms. The molecule has 0 aliphatic carbocycles. The second-order valence-corrected chi connectivity index (χ2v) is 14.1. The lowest BCUT2D eigenvalue weighted by Crippen LogP contribution is -2.57. The predicted octanol–water partition coefficient (Wildman–Crippen LogP) is 1.94. The molecule has 0 bridgehead atoms. The van der Waals surface area contributed by atoms with Gasteiger partial charge in [-0.05, 0) is 55.7 Å². The summed E-state index contributed by atoms with van der Waals surface area (Å²) in [6.07, 6.45) is -1.94. The van der Waals surface area contributed by atoms with E-state index in [1.807, 2.05) is 6.07 Å². The van der Waals surface area contributed by atoms with Crippen molar-refractivity contribution in [2.24, 2.45) is 5.92 Å². The molecule has 2 aromatic carbocycles. The minimum Gasteiger partial charge on any atom is -0.380 e. The number of piperidine rings is 1. The van der Waals surface area contributed by atoms with Crippen molar-refractivity contribution in [3.8, 4) is 6.07 Å². The summed E-state index contributed by atoms with van der Waals surface area (Å²) in [5.74, 6) is -1.89. The van der Waals surface area contributed by atoms with E-state index in [2.05, 4.69) is 20.6 Å². The van der Waals surface area contributed by atoms with E-state index in [0.717, 1.165) is 5.56 Å². The summed E-state index contributed by atoms with van der Waals surface area (Å²) in [6, 6.07) is 9.84. The molecule has 3 N–H and O–H groups in total. The number of carbonyl (C=O) groups excluding carboxylic acids is 1. The molecule has 3 heterocycles. The Labute approximate surface area is 286 Å². The fraction of sp³-hybridized carbons (Fsp3) is 0.500. The van der Waals surface area contributed by atoms with Gasteiger partial charge in [0.15, 0.2) is 0 Å². The molecular weight excluding hydrogens is 681 g/mol. The van der Waals surface area contributed by atoms with Crippen molar-refractivity contribution in [1.29, 1.82) is 5.26 Å². The minimum absolute atomic E-state index is 0.0255. The molecule has 2 fully saturated rings. The first-order valence-corrected chi connectivity index (χ1v) is 17.7. The van der Waals surface area contributed by atoms with Gasteiger partial charge in [-0.3, -0.25) is 18.9 Å². The van der Waals surface area contributed by atoms with Crippen LogP contribution in [0.4, 0.5) is 36.2 Å². The zero-order valence-electron chi connectivity index (χ0n) is 27.2. The van der Waals surface area contributed by atoms with Crippen molar-refractivity contribution in [3.05, 3.63) is 67.7 Å². The topological polar surface area (TPSA) is 189 Å². The van der Waals surface area contributed by atoms with Crippen molar-refractivity contribution >= 4 is 39.0 Å². The first kappa shape index (κ1) is 36.5. The van der Waals surface area contributed by atoms with Gasteiger partial charge in [0, 0.05) is 52.4 Å². The third-order valence-corrected chi connectivity index (χ3v) is 9.81. The van der Waals surface area contributed by atoms with Crippen LogP contribution in [0, 0.1) is 17.2 Å². The molecule has 50 heavy (non-hydrogen) atoms. The molecule has 1 atom stereocenters. The summed E-state index contributed by atoms with van der Waals surface area (Å²) in [7, 11) is -2.80. The number of amides is 1. The average Bonchev–Trinajstić information content (AvgIpc) is 3.06. The quantitative estimate of drug-likeness (QED) is 0.162. The molecule has 0 saturated carbocycles. The van der Waals surface area contributed by atoms with Crippen LogP contribution in [0.5, 0.6) is 0 Å². The van der Waals surface area contributed by atoms with Crippen LogP contribution in [-0.4, -0.2) is 87.0 Å². The fourth-order valence-corrected chi connectivity index (χ4v) is 6.61. The number of hydrogen-bond acceptors (Lipinski definition) is 12. The lowest BCUT2D eigenvalue weighted by atomic mass is 9.93. The van der Waals surface area contributed by atoms with Gasteiger partial charge in [0.25, 0.3) is 21.0 Å². The summed E-state index contributed by atoms with van der Waals surface area (Å²) in [4.78, 5) is 49.4. The second-order valence-electron chi connectivity index (χ2n) is 12.5. The summed E-state index contributed by atoms with van der Waals surface area (Å²) >= 11 is 0. The van der Waals surface area contributed by atoms with Crippen molar-refractivity contribution in [3.63, 3.8) is 0 Å². The van der Waals surface area contributed by atoms with E-state index in [1.165, 1.54) is 18.0 Å². The van der Waals surface area contributed by atoms with Gasteiger partial charge in [-0.15, -0.1) is 0 Å². The Bertz CT molecular complexity index is 1920. The molecule has 0 unspecified atom stereocenters. The molecular formula is C32H37F3N8O6S. The van der Waals surface area contributed by atoms with Crippen LogP contribution in [-0.2, 0) is 27.5 Å². The Balaban J connectivity index is 1.15. The maximum absolute atomic E-state index is 13.9. The lowest BCUT2D eigenvalue weighted by Gasteiger charge is -2.41. The van der Waals surface area contributed by atoms with Crippen LogP contribution in [0.1, 0.15) is 42.6 Å². The molecule has 14 nitrogen and oxygen atoms in total. The monoisotopic (exact) mass is 718 g/mol. The van der Waals surface area contributed by atoms with Gasteiger partial charge in [0.05, 0.1) is 17.4 Å². The number of aromatic nitrogens is 2. The first-order chi connectivity index (χ1) is 23.6. The third kappa shape index (κ3) is 8.69. The number of halogens is 3. The van der Waals surface area contributed by atoms with Gasteiger partial charge in [-0.25, -0.2) is 9.97 Å². The van der Waals surface area contributed by atoms with E-state index in [4.69, 9.17) is 9.81 Å². The number of nitrogens with zero attached hydrogens (tertiary/aromatic N) is 6. The highest BCUT2D eigenvalue weighted by atomic mass is 32.2. The Morgan fingerprint density at radius 3 is 2.34 bits per heavy atom. The second kappa shape index (κ2) is 15.0. The Kier molecular flexibility index (Phi) is 11.0. The van der Waals surface area contributed by atoms with Gasteiger partial charge in [-0.2, -0.15) is 26.9 Å². The smallest absolute Gasteiger partial charge is 0.380 e. The molecule has 2 saturated heterocycles. The molecule has 5 rings (SSSR count). The Morgan fingerprint density at radius 1 is 1.06 bits per heavy atom. The van der Waals surface area contributed by atoms with Gasteiger partial charge in [0.2, 0.25) is 11.7 Å². The summed E-state index contributed by atoms with van der Waals surface area (Å²) < 4.78 is 72.8. The van der Waals surface area contributed by atoms with Crippen LogP contribution in [0.25, 0.3) is 0 Å². The van der Waals surface area contributed by atoms with Gasteiger partial charge < -0.3 is 25.3 Å². The van der Waals surface area contributed by atoms with E-state index in [9.17, 15) is 36.0 Å². The molecule has 18 heteroatoms. The number of rotatable bonds is 14. The third-order valence-electron chi connectivity index (χ3n) is 9.11. The standard InChI is InChI=1S/C32H37F3N8O6S/c1-41(16-17-50(47,48)49)27-26(28(44)29(27)45)37-11-6-21-8-13-42(14-9-21)24-18-25(40-31(39-24)32(33,34)35)43-15-10-23(43)30(46)38-12-7-20-2-4-22(19-36)5-3-20/h2-5,18,21,23,37H,6-17H2,1H3,(H,38,46)(H,47,48,49)/t23-/m0/s1. The van der Waals surface area contributed by atoms with E-state index >= 15 is 0 Å². The highest BCUT2D eigenvalue weighted by Crippen LogP contribution is 2.34. The normalized spacial score (nSPS) is 16.9. The number of alkyl halides is 3.